The Balaban J connectivity index is 1.73. The summed E-state index contributed by atoms with van der Waals surface area (Å²) in [5, 5.41) is 9.28. The van der Waals surface area contributed by atoms with E-state index in [2.05, 4.69) is 0 Å². The van der Waals surface area contributed by atoms with E-state index in [1.54, 1.807) is 27.0 Å². The number of ether oxygens (including phenoxy) is 4. The number of carbonyl (C=O) groups is 2. The second-order valence-electron chi connectivity index (χ2n) is 9.37. The topological polar surface area (TPSA) is 94.9 Å². The number of hydrogen-bond acceptors (Lipinski definition) is 7. The minimum absolute atomic E-state index is 0.0812. The third kappa shape index (κ3) is 4.09. The molecule has 34 heavy (non-hydrogen) atoms. The molecule has 0 atom stereocenters. The Morgan fingerprint density at radius 1 is 1.03 bits per heavy atom. The third-order valence-electron chi connectivity index (χ3n) is 6.72. The lowest BCUT2D eigenvalue weighted by Crippen LogP contribution is -2.47. The van der Waals surface area contributed by atoms with Gasteiger partial charge in [-0.2, -0.15) is 5.26 Å². The molecular formula is C27H29NO6. The molecule has 0 unspecified atom stereocenters. The highest BCUT2D eigenvalue weighted by Gasteiger charge is 2.48. The van der Waals surface area contributed by atoms with Crippen molar-refractivity contribution in [3.05, 3.63) is 41.5 Å². The van der Waals surface area contributed by atoms with Gasteiger partial charge in [0.25, 0.3) is 0 Å². The summed E-state index contributed by atoms with van der Waals surface area (Å²) in [5.74, 6) is 1.08. The Labute approximate surface area is 199 Å². The monoisotopic (exact) mass is 463 g/mol. The molecule has 0 amide bonds. The van der Waals surface area contributed by atoms with Crippen LogP contribution in [0.5, 0.6) is 17.2 Å². The van der Waals surface area contributed by atoms with Gasteiger partial charge in [0.05, 0.1) is 14.2 Å². The summed E-state index contributed by atoms with van der Waals surface area (Å²) in [4.78, 5) is 25.3. The SMILES string of the molecule is COc1ccc(-c2cccc3c2CCC3=O)c(OCC2(C(=O)OC(C)(C)C#N)CCC2)c1OC. The number of nitrogens with zero attached hydrogens (tertiary/aromatic N) is 1. The lowest BCUT2D eigenvalue weighted by atomic mass is 9.69. The number of carbonyl (C=O) groups excluding carboxylic acids is 2. The molecule has 1 saturated carbocycles. The van der Waals surface area contributed by atoms with Crippen LogP contribution in [-0.4, -0.2) is 38.2 Å². The van der Waals surface area contributed by atoms with E-state index in [4.69, 9.17) is 18.9 Å². The molecule has 0 heterocycles. The maximum atomic E-state index is 13.0. The molecule has 0 radical (unpaired) electrons. The van der Waals surface area contributed by atoms with Crippen molar-refractivity contribution in [1.29, 1.82) is 5.26 Å². The zero-order chi connectivity index (χ0) is 24.5. The maximum absolute atomic E-state index is 13.0. The lowest BCUT2D eigenvalue weighted by molar-refractivity contribution is -0.173. The van der Waals surface area contributed by atoms with E-state index < -0.39 is 17.0 Å². The molecule has 7 heteroatoms. The fraction of sp³-hybridized carbons (Fsp3) is 0.444. The van der Waals surface area contributed by atoms with Gasteiger partial charge in [-0.3, -0.25) is 9.59 Å². The molecule has 178 valence electrons. The average Bonchev–Trinajstić information content (AvgIpc) is 3.18. The predicted octanol–water partition coefficient (Wildman–Crippen LogP) is 4.89. The van der Waals surface area contributed by atoms with Crippen LogP contribution in [-0.2, 0) is 16.0 Å². The van der Waals surface area contributed by atoms with Crippen LogP contribution in [0.15, 0.2) is 30.3 Å². The standard InChI is InChI=1S/C27H29NO6/c1-26(2,15-28)34-25(30)27(13-6-14-27)16-33-23-20(10-12-22(31-3)24(23)32-4)17-7-5-8-19-18(17)9-11-21(19)29/h5,7-8,10,12H,6,9,11,13-14,16H2,1-4H3. The van der Waals surface area contributed by atoms with Gasteiger partial charge in [0.2, 0.25) is 5.75 Å². The average molecular weight is 464 g/mol. The summed E-state index contributed by atoms with van der Waals surface area (Å²) in [6.07, 6.45) is 3.26. The highest BCUT2D eigenvalue weighted by Crippen LogP contribution is 2.49. The minimum Gasteiger partial charge on any atom is -0.493 e. The first-order valence-electron chi connectivity index (χ1n) is 11.4. The normalized spacial score (nSPS) is 16.1. The van der Waals surface area contributed by atoms with E-state index in [1.165, 1.54) is 7.11 Å². The van der Waals surface area contributed by atoms with Gasteiger partial charge in [-0.1, -0.05) is 24.6 Å². The molecule has 2 aliphatic carbocycles. The fourth-order valence-electron chi connectivity index (χ4n) is 4.58. The van der Waals surface area contributed by atoms with E-state index in [9.17, 15) is 14.9 Å². The summed E-state index contributed by atoms with van der Waals surface area (Å²) in [5.41, 5.74) is 1.35. The van der Waals surface area contributed by atoms with Crippen molar-refractivity contribution in [3.63, 3.8) is 0 Å². The largest absolute Gasteiger partial charge is 0.493 e. The van der Waals surface area contributed by atoms with Crippen molar-refractivity contribution in [2.45, 2.75) is 51.6 Å². The van der Waals surface area contributed by atoms with Crippen molar-refractivity contribution < 1.29 is 28.5 Å². The second-order valence-corrected chi connectivity index (χ2v) is 9.37. The van der Waals surface area contributed by atoms with Crippen molar-refractivity contribution in [1.82, 2.24) is 0 Å². The van der Waals surface area contributed by atoms with Crippen molar-refractivity contribution in [3.8, 4) is 34.4 Å². The van der Waals surface area contributed by atoms with Gasteiger partial charge in [0.1, 0.15) is 18.1 Å². The predicted molar refractivity (Wildman–Crippen MR) is 125 cm³/mol. The number of nitriles is 1. The van der Waals surface area contributed by atoms with Crippen molar-refractivity contribution in [2.24, 2.45) is 5.41 Å². The molecule has 0 N–H and O–H groups in total. The van der Waals surface area contributed by atoms with Crippen LogP contribution < -0.4 is 14.2 Å². The molecule has 0 bridgehead atoms. The molecule has 7 nitrogen and oxygen atoms in total. The molecule has 0 spiro atoms. The maximum Gasteiger partial charge on any atom is 0.317 e. The van der Waals surface area contributed by atoms with Crippen LogP contribution in [0, 0.1) is 16.7 Å². The van der Waals surface area contributed by atoms with E-state index in [1.807, 2.05) is 30.3 Å². The summed E-state index contributed by atoms with van der Waals surface area (Å²) < 4.78 is 23.0. The number of esters is 1. The van der Waals surface area contributed by atoms with Gasteiger partial charge in [-0.15, -0.1) is 0 Å². The highest BCUT2D eigenvalue weighted by atomic mass is 16.6. The number of ketones is 1. The molecule has 0 aliphatic heterocycles. The zero-order valence-electron chi connectivity index (χ0n) is 20.0. The minimum atomic E-state index is -1.21. The van der Waals surface area contributed by atoms with Crippen LogP contribution in [0.25, 0.3) is 11.1 Å². The first-order chi connectivity index (χ1) is 16.2. The number of methoxy groups -OCH3 is 2. The third-order valence-corrected chi connectivity index (χ3v) is 6.72. The van der Waals surface area contributed by atoms with E-state index in [0.29, 0.717) is 42.9 Å². The van der Waals surface area contributed by atoms with Crippen LogP contribution in [0.1, 0.15) is 55.5 Å². The number of fused-ring (bicyclic) bond motifs is 1. The lowest BCUT2D eigenvalue weighted by Gasteiger charge is -2.40. The van der Waals surface area contributed by atoms with Gasteiger partial charge < -0.3 is 18.9 Å². The van der Waals surface area contributed by atoms with Gasteiger partial charge in [0.15, 0.2) is 22.9 Å². The molecule has 4 rings (SSSR count). The summed E-state index contributed by atoms with van der Waals surface area (Å²) in [6, 6.07) is 11.4. The van der Waals surface area contributed by atoms with Gasteiger partial charge in [-0.25, -0.2) is 0 Å². The van der Waals surface area contributed by atoms with Crippen LogP contribution in [0.2, 0.25) is 0 Å². The van der Waals surface area contributed by atoms with E-state index in [0.717, 1.165) is 28.7 Å². The Hall–Kier alpha value is -3.53. The second kappa shape index (κ2) is 9.02. The molecule has 2 aromatic carbocycles. The van der Waals surface area contributed by atoms with Crippen molar-refractivity contribution in [2.75, 3.05) is 20.8 Å². The smallest absolute Gasteiger partial charge is 0.317 e. The Morgan fingerprint density at radius 2 is 1.76 bits per heavy atom. The Bertz CT molecular complexity index is 1170. The molecular weight excluding hydrogens is 434 g/mol. The van der Waals surface area contributed by atoms with Crippen LogP contribution in [0.4, 0.5) is 0 Å². The zero-order valence-corrected chi connectivity index (χ0v) is 20.0. The Morgan fingerprint density at radius 3 is 2.38 bits per heavy atom. The number of Topliss-reactive ketones (excluding diaryl/α,β-unsaturated/α-hetero) is 1. The Kier molecular flexibility index (Phi) is 6.26. The van der Waals surface area contributed by atoms with Gasteiger partial charge in [0, 0.05) is 17.5 Å². The quantitative estimate of drug-likeness (QED) is 0.514. The van der Waals surface area contributed by atoms with Crippen molar-refractivity contribution >= 4 is 11.8 Å². The summed E-state index contributed by atoms with van der Waals surface area (Å²) >= 11 is 0. The summed E-state index contributed by atoms with van der Waals surface area (Å²) in [6.45, 7) is 3.22. The fourth-order valence-corrected chi connectivity index (χ4v) is 4.58. The molecule has 1 fully saturated rings. The molecule has 0 saturated heterocycles. The molecule has 2 aliphatic rings. The van der Waals surface area contributed by atoms with Crippen LogP contribution in [0.3, 0.4) is 0 Å². The molecule has 2 aromatic rings. The highest BCUT2D eigenvalue weighted by molar-refractivity contribution is 6.02. The number of benzene rings is 2. The van der Waals surface area contributed by atoms with E-state index >= 15 is 0 Å². The number of rotatable bonds is 8. The van der Waals surface area contributed by atoms with Gasteiger partial charge in [-0.05, 0) is 56.4 Å². The van der Waals surface area contributed by atoms with Gasteiger partial charge >= 0.3 is 5.97 Å². The summed E-state index contributed by atoms with van der Waals surface area (Å²) in [7, 11) is 3.09. The number of hydrogen-bond donors (Lipinski definition) is 0. The first kappa shape index (κ1) is 23.6. The first-order valence-corrected chi connectivity index (χ1v) is 11.4. The van der Waals surface area contributed by atoms with Crippen LogP contribution >= 0.6 is 0 Å². The molecule has 0 aromatic heterocycles. The van der Waals surface area contributed by atoms with E-state index in [-0.39, 0.29) is 12.4 Å².